The molecular weight excluding hydrogens is 300 g/mol. The Morgan fingerprint density at radius 1 is 1.32 bits per heavy atom. The Labute approximate surface area is 137 Å². The molecule has 1 atom stereocenters. The van der Waals surface area contributed by atoms with Crippen molar-refractivity contribution in [2.45, 2.75) is 25.8 Å². The first-order chi connectivity index (χ1) is 10.2. The standard InChI is InChI=1S/C17H22N2O2.ClH/c1-12(16-11-14-5-3-4-6-15(14)21-16)19(2)17(20)13-7-9-18-10-8-13;/h3-6,11-13,18H,7-10H2,1-2H3;1H. The smallest absolute Gasteiger partial charge is 0.226 e. The maximum absolute atomic E-state index is 12.6. The zero-order valence-corrected chi connectivity index (χ0v) is 13.9. The molecule has 1 saturated heterocycles. The normalized spacial score (nSPS) is 17.0. The topological polar surface area (TPSA) is 45.5 Å². The first-order valence-electron chi connectivity index (χ1n) is 7.62. The van der Waals surface area contributed by atoms with Crippen molar-refractivity contribution in [3.63, 3.8) is 0 Å². The van der Waals surface area contributed by atoms with Crippen molar-refractivity contribution < 1.29 is 9.21 Å². The fourth-order valence-corrected chi connectivity index (χ4v) is 2.95. The van der Waals surface area contributed by atoms with Crippen molar-refractivity contribution >= 4 is 29.3 Å². The first kappa shape index (κ1) is 16.8. The molecule has 4 nitrogen and oxygen atoms in total. The number of nitrogens with zero attached hydrogens (tertiary/aromatic N) is 1. The van der Waals surface area contributed by atoms with Gasteiger partial charge in [0.15, 0.2) is 0 Å². The lowest BCUT2D eigenvalue weighted by Gasteiger charge is -2.30. The predicted molar refractivity (Wildman–Crippen MR) is 90.2 cm³/mol. The Hall–Kier alpha value is -1.52. The quantitative estimate of drug-likeness (QED) is 0.942. The second kappa shape index (κ2) is 7.16. The van der Waals surface area contributed by atoms with E-state index < -0.39 is 0 Å². The van der Waals surface area contributed by atoms with E-state index in [-0.39, 0.29) is 30.3 Å². The molecule has 2 aromatic rings. The molecule has 0 aliphatic carbocycles. The number of piperidine rings is 1. The molecule has 0 radical (unpaired) electrons. The van der Waals surface area contributed by atoms with Crippen LogP contribution in [-0.4, -0.2) is 30.9 Å². The number of carbonyl (C=O) groups excluding carboxylic acids is 1. The molecule has 0 bridgehead atoms. The lowest BCUT2D eigenvalue weighted by atomic mass is 9.96. The van der Waals surface area contributed by atoms with Crippen LogP contribution in [0.4, 0.5) is 0 Å². The molecule has 3 rings (SSSR count). The molecule has 1 aliphatic rings. The second-order valence-corrected chi connectivity index (χ2v) is 5.84. The highest BCUT2D eigenvalue weighted by Gasteiger charge is 2.28. The van der Waals surface area contributed by atoms with Crippen LogP contribution >= 0.6 is 12.4 Å². The highest BCUT2D eigenvalue weighted by molar-refractivity contribution is 5.85. The largest absolute Gasteiger partial charge is 0.459 e. The predicted octanol–water partition coefficient (Wildman–Crippen LogP) is 3.37. The number of hydrogen-bond acceptors (Lipinski definition) is 3. The Bertz CT molecular complexity index is 601. The minimum absolute atomic E-state index is 0. The van der Waals surface area contributed by atoms with Crippen molar-refractivity contribution in [3.05, 3.63) is 36.1 Å². The van der Waals surface area contributed by atoms with E-state index in [1.807, 2.05) is 49.2 Å². The summed E-state index contributed by atoms with van der Waals surface area (Å²) in [4.78, 5) is 14.4. The third kappa shape index (κ3) is 3.28. The van der Waals surface area contributed by atoms with Gasteiger partial charge in [0.1, 0.15) is 11.3 Å². The number of amides is 1. The van der Waals surface area contributed by atoms with Gasteiger partial charge in [0, 0.05) is 18.4 Å². The van der Waals surface area contributed by atoms with E-state index in [2.05, 4.69) is 5.32 Å². The fraction of sp³-hybridized carbons (Fsp3) is 0.471. The van der Waals surface area contributed by atoms with Crippen LogP contribution in [0.15, 0.2) is 34.7 Å². The molecule has 120 valence electrons. The Morgan fingerprint density at radius 2 is 2.00 bits per heavy atom. The summed E-state index contributed by atoms with van der Waals surface area (Å²) in [5.74, 6) is 1.22. The van der Waals surface area contributed by atoms with Gasteiger partial charge in [-0.3, -0.25) is 4.79 Å². The lowest BCUT2D eigenvalue weighted by molar-refractivity contribution is -0.137. The van der Waals surface area contributed by atoms with Crippen LogP contribution in [0.25, 0.3) is 11.0 Å². The van der Waals surface area contributed by atoms with E-state index in [0.717, 1.165) is 42.7 Å². The Balaban J connectivity index is 0.00000176. The number of benzene rings is 1. The fourth-order valence-electron chi connectivity index (χ4n) is 2.95. The molecule has 1 aromatic heterocycles. The van der Waals surface area contributed by atoms with Crippen LogP contribution < -0.4 is 5.32 Å². The number of hydrogen-bond donors (Lipinski definition) is 1. The van der Waals surface area contributed by atoms with E-state index in [0.29, 0.717) is 0 Å². The highest BCUT2D eigenvalue weighted by atomic mass is 35.5. The zero-order chi connectivity index (χ0) is 14.8. The summed E-state index contributed by atoms with van der Waals surface area (Å²) in [5.41, 5.74) is 0.877. The number of halogens is 1. The second-order valence-electron chi connectivity index (χ2n) is 5.84. The van der Waals surface area contributed by atoms with Crippen LogP contribution in [-0.2, 0) is 4.79 Å². The molecule has 1 amide bonds. The van der Waals surface area contributed by atoms with Gasteiger partial charge in [0.25, 0.3) is 0 Å². The van der Waals surface area contributed by atoms with Crippen LogP contribution in [0.1, 0.15) is 31.6 Å². The van der Waals surface area contributed by atoms with E-state index in [9.17, 15) is 4.79 Å². The SMILES string of the molecule is CC(c1cc2ccccc2o1)N(C)C(=O)C1CCNCC1.Cl. The van der Waals surface area contributed by atoms with Gasteiger partial charge in [-0.1, -0.05) is 18.2 Å². The minimum Gasteiger partial charge on any atom is -0.459 e. The summed E-state index contributed by atoms with van der Waals surface area (Å²) >= 11 is 0. The van der Waals surface area contributed by atoms with Gasteiger partial charge in [-0.2, -0.15) is 0 Å². The molecule has 1 N–H and O–H groups in total. The molecule has 0 saturated carbocycles. The van der Waals surface area contributed by atoms with Crippen molar-refractivity contribution in [2.75, 3.05) is 20.1 Å². The Morgan fingerprint density at radius 3 is 2.68 bits per heavy atom. The summed E-state index contributed by atoms with van der Waals surface area (Å²) < 4.78 is 5.88. The average Bonchev–Trinajstić information content (AvgIpc) is 2.97. The zero-order valence-electron chi connectivity index (χ0n) is 13.0. The molecule has 1 unspecified atom stereocenters. The third-order valence-electron chi connectivity index (χ3n) is 4.47. The van der Waals surface area contributed by atoms with Gasteiger partial charge in [-0.05, 0) is 45.0 Å². The number of furan rings is 1. The summed E-state index contributed by atoms with van der Waals surface area (Å²) in [6.45, 7) is 3.89. The van der Waals surface area contributed by atoms with Crippen molar-refractivity contribution in [2.24, 2.45) is 5.92 Å². The first-order valence-corrected chi connectivity index (χ1v) is 7.62. The molecule has 0 spiro atoms. The molecular formula is C17H23ClN2O2. The van der Waals surface area contributed by atoms with Gasteiger partial charge < -0.3 is 14.6 Å². The number of carbonyl (C=O) groups is 1. The summed E-state index contributed by atoms with van der Waals surface area (Å²) in [5, 5.41) is 4.38. The number of fused-ring (bicyclic) bond motifs is 1. The van der Waals surface area contributed by atoms with Gasteiger partial charge >= 0.3 is 0 Å². The van der Waals surface area contributed by atoms with E-state index in [4.69, 9.17) is 4.42 Å². The van der Waals surface area contributed by atoms with E-state index >= 15 is 0 Å². The van der Waals surface area contributed by atoms with Crippen LogP contribution in [0.5, 0.6) is 0 Å². The average molecular weight is 323 g/mol. The molecule has 1 aliphatic heterocycles. The van der Waals surface area contributed by atoms with Crippen LogP contribution in [0.2, 0.25) is 0 Å². The molecule has 1 aromatic carbocycles. The maximum Gasteiger partial charge on any atom is 0.226 e. The lowest BCUT2D eigenvalue weighted by Crippen LogP contribution is -2.40. The van der Waals surface area contributed by atoms with Crippen LogP contribution in [0.3, 0.4) is 0 Å². The summed E-state index contributed by atoms with van der Waals surface area (Å²) in [6.07, 6.45) is 1.85. The minimum atomic E-state index is -0.0419. The Kier molecular flexibility index (Phi) is 5.48. The molecule has 5 heteroatoms. The summed E-state index contributed by atoms with van der Waals surface area (Å²) in [6, 6.07) is 9.94. The van der Waals surface area contributed by atoms with Gasteiger partial charge in [0.05, 0.1) is 6.04 Å². The monoisotopic (exact) mass is 322 g/mol. The number of rotatable bonds is 3. The van der Waals surface area contributed by atoms with Gasteiger partial charge in [-0.25, -0.2) is 0 Å². The molecule has 22 heavy (non-hydrogen) atoms. The summed E-state index contributed by atoms with van der Waals surface area (Å²) in [7, 11) is 1.88. The number of para-hydroxylation sites is 1. The van der Waals surface area contributed by atoms with Crippen LogP contribution in [0, 0.1) is 5.92 Å². The van der Waals surface area contributed by atoms with Gasteiger partial charge in [-0.15, -0.1) is 12.4 Å². The van der Waals surface area contributed by atoms with Crippen molar-refractivity contribution in [1.82, 2.24) is 10.2 Å². The third-order valence-corrected chi connectivity index (χ3v) is 4.47. The maximum atomic E-state index is 12.6. The molecule has 1 fully saturated rings. The van der Waals surface area contributed by atoms with E-state index in [1.165, 1.54) is 0 Å². The van der Waals surface area contributed by atoms with Gasteiger partial charge in [0.2, 0.25) is 5.91 Å². The van der Waals surface area contributed by atoms with Crippen molar-refractivity contribution in [1.29, 1.82) is 0 Å². The van der Waals surface area contributed by atoms with E-state index in [1.54, 1.807) is 0 Å². The number of nitrogens with one attached hydrogen (secondary N) is 1. The molecule has 2 heterocycles. The van der Waals surface area contributed by atoms with Crippen molar-refractivity contribution in [3.8, 4) is 0 Å². The highest BCUT2D eigenvalue weighted by Crippen LogP contribution is 2.28.